The van der Waals surface area contributed by atoms with Gasteiger partial charge < -0.3 is 27.0 Å². The van der Waals surface area contributed by atoms with E-state index in [4.69, 9.17) is 21.7 Å². The van der Waals surface area contributed by atoms with Crippen LogP contribution < -0.4 is 16.8 Å². The lowest BCUT2D eigenvalue weighted by Gasteiger charge is -2.15. The Kier molecular flexibility index (Phi) is 11.2. The van der Waals surface area contributed by atoms with Gasteiger partial charge in [0.2, 0.25) is 5.91 Å². The zero-order valence-electron chi connectivity index (χ0n) is 9.46. The molecule has 0 rings (SSSR count). The maximum absolute atomic E-state index is 11.4. The number of carboxylic acids is 1. The fourth-order valence-electron chi connectivity index (χ4n) is 1.10. The summed E-state index contributed by atoms with van der Waals surface area (Å²) in [5.41, 5.74) is 10.8. The first-order valence-electron chi connectivity index (χ1n) is 5.12. The number of hydrogen-bond acceptors (Lipinski definition) is 5. The lowest BCUT2D eigenvalue weighted by atomic mass is 10.1. The van der Waals surface area contributed by atoms with E-state index in [1.165, 1.54) is 0 Å². The smallest absolute Gasteiger partial charge is 0.328 e. The second-order valence-electron chi connectivity index (χ2n) is 3.47. The van der Waals surface area contributed by atoms with Gasteiger partial charge in [0.05, 0.1) is 12.6 Å². The number of unbranched alkanes of at least 4 members (excludes halogenated alkanes) is 1. The Morgan fingerprint density at radius 3 is 2.29 bits per heavy atom. The quantitative estimate of drug-likeness (QED) is 0.337. The van der Waals surface area contributed by atoms with Crippen molar-refractivity contribution in [1.29, 1.82) is 0 Å². The lowest BCUT2D eigenvalue weighted by molar-refractivity contribution is -0.143. The summed E-state index contributed by atoms with van der Waals surface area (Å²) in [7, 11) is 0. The topological polar surface area (TPSA) is 139 Å². The Morgan fingerprint density at radius 1 is 1.29 bits per heavy atom. The molecule has 0 bridgehead atoms. The van der Waals surface area contributed by atoms with Crippen molar-refractivity contribution >= 4 is 24.3 Å². The lowest BCUT2D eigenvalue weighted by Crippen LogP contribution is -2.49. The molecule has 0 aromatic carbocycles. The molecule has 8 heteroatoms. The summed E-state index contributed by atoms with van der Waals surface area (Å²) in [6.45, 7) is -0.126. The molecule has 2 unspecified atom stereocenters. The van der Waals surface area contributed by atoms with Gasteiger partial charge in [0.25, 0.3) is 0 Å². The number of amides is 1. The van der Waals surface area contributed by atoms with Crippen LogP contribution in [-0.4, -0.2) is 47.3 Å². The van der Waals surface area contributed by atoms with Crippen LogP contribution in [0.2, 0.25) is 0 Å². The molecule has 2 atom stereocenters. The van der Waals surface area contributed by atoms with Gasteiger partial charge in [0.15, 0.2) is 0 Å². The van der Waals surface area contributed by atoms with Gasteiger partial charge in [-0.15, -0.1) is 12.4 Å². The van der Waals surface area contributed by atoms with Gasteiger partial charge in [-0.2, -0.15) is 0 Å². The van der Waals surface area contributed by atoms with Crippen LogP contribution in [0.5, 0.6) is 0 Å². The molecule has 0 heterocycles. The molecule has 0 radical (unpaired) electrons. The number of rotatable bonds is 8. The Bertz CT molecular complexity index is 240. The third-order valence-corrected chi connectivity index (χ3v) is 2.10. The van der Waals surface area contributed by atoms with E-state index >= 15 is 0 Å². The Hall–Kier alpha value is -0.890. The van der Waals surface area contributed by atoms with Crippen LogP contribution in [-0.2, 0) is 9.59 Å². The average Bonchev–Trinajstić information content (AvgIpc) is 2.25. The molecule has 1 amide bonds. The number of halogens is 1. The summed E-state index contributed by atoms with van der Waals surface area (Å²) >= 11 is 0. The van der Waals surface area contributed by atoms with Crippen LogP contribution >= 0.6 is 12.4 Å². The molecule has 0 aromatic heterocycles. The molecule has 0 aliphatic heterocycles. The van der Waals surface area contributed by atoms with Gasteiger partial charge in [-0.25, -0.2) is 4.79 Å². The monoisotopic (exact) mass is 269 g/mol. The van der Waals surface area contributed by atoms with Crippen molar-refractivity contribution in [2.75, 3.05) is 13.2 Å². The molecule has 0 spiro atoms. The Labute approximate surface area is 106 Å². The summed E-state index contributed by atoms with van der Waals surface area (Å²) in [5, 5.41) is 19.4. The van der Waals surface area contributed by atoms with E-state index in [0.29, 0.717) is 19.4 Å². The maximum Gasteiger partial charge on any atom is 0.328 e. The first-order chi connectivity index (χ1) is 7.52. The molecular weight excluding hydrogens is 250 g/mol. The number of aliphatic hydroxyl groups is 1. The highest BCUT2D eigenvalue weighted by Crippen LogP contribution is 1.98. The Morgan fingerprint density at radius 2 is 1.88 bits per heavy atom. The average molecular weight is 270 g/mol. The van der Waals surface area contributed by atoms with Crippen LogP contribution in [0.15, 0.2) is 0 Å². The SMILES string of the molecule is Cl.NCCCCC(N)C(=O)NC(CO)C(=O)O. The minimum absolute atomic E-state index is 0. The fraction of sp³-hybridized carbons (Fsp3) is 0.778. The number of aliphatic carboxylic acids is 1. The van der Waals surface area contributed by atoms with Gasteiger partial charge in [0.1, 0.15) is 6.04 Å². The maximum atomic E-state index is 11.4. The van der Waals surface area contributed by atoms with Crippen molar-refractivity contribution in [2.45, 2.75) is 31.3 Å². The van der Waals surface area contributed by atoms with Crippen molar-refractivity contribution in [1.82, 2.24) is 5.32 Å². The number of hydrogen-bond donors (Lipinski definition) is 5. The van der Waals surface area contributed by atoms with Crippen molar-refractivity contribution in [3.05, 3.63) is 0 Å². The molecule has 7 nitrogen and oxygen atoms in total. The molecule has 7 N–H and O–H groups in total. The predicted octanol–water partition coefficient (Wildman–Crippen LogP) is -1.57. The molecule has 17 heavy (non-hydrogen) atoms. The zero-order valence-corrected chi connectivity index (χ0v) is 10.3. The van der Waals surface area contributed by atoms with E-state index in [-0.39, 0.29) is 12.4 Å². The first kappa shape index (κ1) is 18.5. The van der Waals surface area contributed by atoms with Gasteiger partial charge in [0, 0.05) is 0 Å². The number of aliphatic hydroxyl groups excluding tert-OH is 1. The fourth-order valence-corrected chi connectivity index (χ4v) is 1.10. The van der Waals surface area contributed by atoms with Crippen molar-refractivity contribution in [3.8, 4) is 0 Å². The molecule has 0 aliphatic rings. The number of carbonyl (C=O) groups excluding carboxylic acids is 1. The normalized spacial score (nSPS) is 13.4. The van der Waals surface area contributed by atoms with Crippen LogP contribution in [0.4, 0.5) is 0 Å². The minimum atomic E-state index is -1.30. The summed E-state index contributed by atoms with van der Waals surface area (Å²) in [4.78, 5) is 21.9. The van der Waals surface area contributed by atoms with E-state index < -0.39 is 30.6 Å². The standard InChI is InChI=1S/C9H19N3O4.ClH/c10-4-2-1-3-6(11)8(14)12-7(5-13)9(15)16;/h6-7,13H,1-5,10-11H2,(H,12,14)(H,15,16);1H. The van der Waals surface area contributed by atoms with E-state index in [1.807, 2.05) is 0 Å². The second-order valence-corrected chi connectivity index (χ2v) is 3.47. The number of carboxylic acid groups (broad SMARTS) is 1. The molecule has 0 aliphatic carbocycles. The summed E-state index contributed by atoms with van der Waals surface area (Å²) in [5.74, 6) is -1.86. The molecule has 102 valence electrons. The minimum Gasteiger partial charge on any atom is -0.480 e. The van der Waals surface area contributed by atoms with Crippen molar-refractivity contribution in [3.63, 3.8) is 0 Å². The van der Waals surface area contributed by atoms with Gasteiger partial charge >= 0.3 is 5.97 Å². The molecule has 0 saturated heterocycles. The van der Waals surface area contributed by atoms with E-state index in [0.717, 1.165) is 6.42 Å². The van der Waals surface area contributed by atoms with E-state index in [1.54, 1.807) is 0 Å². The van der Waals surface area contributed by atoms with Gasteiger partial charge in [-0.3, -0.25) is 4.79 Å². The highest BCUT2D eigenvalue weighted by molar-refractivity contribution is 5.86. The highest BCUT2D eigenvalue weighted by Gasteiger charge is 2.21. The van der Waals surface area contributed by atoms with Crippen molar-refractivity contribution < 1.29 is 19.8 Å². The van der Waals surface area contributed by atoms with Crippen LogP contribution in [0, 0.1) is 0 Å². The summed E-state index contributed by atoms with van der Waals surface area (Å²) < 4.78 is 0. The number of nitrogens with one attached hydrogen (secondary N) is 1. The summed E-state index contributed by atoms with van der Waals surface area (Å²) in [6, 6.07) is -2.06. The van der Waals surface area contributed by atoms with Crippen molar-refractivity contribution in [2.24, 2.45) is 11.5 Å². The predicted molar refractivity (Wildman–Crippen MR) is 64.8 cm³/mol. The molecule has 0 saturated carbocycles. The Balaban J connectivity index is 0. The van der Waals surface area contributed by atoms with Crippen LogP contribution in [0.3, 0.4) is 0 Å². The van der Waals surface area contributed by atoms with Crippen LogP contribution in [0.25, 0.3) is 0 Å². The third kappa shape index (κ3) is 7.92. The second kappa shape index (κ2) is 10.3. The zero-order chi connectivity index (χ0) is 12.6. The van der Waals surface area contributed by atoms with Gasteiger partial charge in [-0.1, -0.05) is 6.42 Å². The van der Waals surface area contributed by atoms with Gasteiger partial charge in [-0.05, 0) is 19.4 Å². The third-order valence-electron chi connectivity index (χ3n) is 2.10. The molecule has 0 aromatic rings. The highest BCUT2D eigenvalue weighted by atomic mass is 35.5. The van der Waals surface area contributed by atoms with Crippen LogP contribution in [0.1, 0.15) is 19.3 Å². The van der Waals surface area contributed by atoms with E-state index in [9.17, 15) is 9.59 Å². The van der Waals surface area contributed by atoms with E-state index in [2.05, 4.69) is 5.32 Å². The first-order valence-corrected chi connectivity index (χ1v) is 5.12. The number of nitrogens with two attached hydrogens (primary N) is 2. The molecule has 0 fully saturated rings. The summed E-state index contributed by atoms with van der Waals surface area (Å²) in [6.07, 6.45) is 1.92. The largest absolute Gasteiger partial charge is 0.480 e. The number of carbonyl (C=O) groups is 2. The molecular formula is C9H20ClN3O4.